The highest BCUT2D eigenvalue weighted by molar-refractivity contribution is 7.89. The molecule has 0 radical (unpaired) electrons. The second-order valence-electron chi connectivity index (χ2n) is 3.09. The first-order valence-electron chi connectivity index (χ1n) is 4.86. The van der Waals surface area contributed by atoms with Crippen molar-refractivity contribution in [2.24, 2.45) is 0 Å². The maximum Gasteiger partial charge on any atom is 0.246 e. The van der Waals surface area contributed by atoms with Crippen molar-refractivity contribution in [3.63, 3.8) is 0 Å². The number of sulfonamides is 1. The molecule has 0 aliphatic rings. The number of aromatic nitrogens is 1. The van der Waals surface area contributed by atoms with E-state index in [1.165, 1.54) is 18.5 Å². The van der Waals surface area contributed by atoms with E-state index in [0.29, 0.717) is 0 Å². The summed E-state index contributed by atoms with van der Waals surface area (Å²) in [6, 6.07) is 3.04. The highest BCUT2D eigenvalue weighted by atomic mass is 32.2. The largest absolute Gasteiger partial charge is 0.263 e. The minimum absolute atomic E-state index is 0.00803. The molecule has 0 aliphatic carbocycles. The van der Waals surface area contributed by atoms with Gasteiger partial charge in [0.2, 0.25) is 10.0 Å². The summed E-state index contributed by atoms with van der Waals surface area (Å²) in [5.74, 6) is 7.64. The molecule has 0 saturated heterocycles. The number of rotatable bonds is 4. The van der Waals surface area contributed by atoms with E-state index in [-0.39, 0.29) is 18.0 Å². The van der Waals surface area contributed by atoms with Crippen molar-refractivity contribution in [2.75, 3.05) is 13.1 Å². The average Bonchev–Trinajstić information content (AvgIpc) is 2.35. The lowest BCUT2D eigenvalue weighted by molar-refractivity contribution is 0.482. The summed E-state index contributed by atoms with van der Waals surface area (Å²) in [6.45, 7) is 1.72. The smallest absolute Gasteiger partial charge is 0.246 e. The van der Waals surface area contributed by atoms with Gasteiger partial charge in [-0.3, -0.25) is 4.98 Å². The molecule has 0 saturated carbocycles. The summed E-state index contributed by atoms with van der Waals surface area (Å²) in [5.41, 5.74) is 0. The Morgan fingerprint density at radius 3 is 2.76 bits per heavy atom. The van der Waals surface area contributed by atoms with Crippen LogP contribution in [0.5, 0.6) is 0 Å². The Bertz CT molecular complexity index is 562. The molecule has 0 atom stereocenters. The van der Waals surface area contributed by atoms with Crippen LogP contribution in [-0.4, -0.2) is 30.8 Å². The maximum absolute atomic E-state index is 12.2. The lowest BCUT2D eigenvalue weighted by atomic mass is 10.5. The van der Waals surface area contributed by atoms with Crippen LogP contribution < -0.4 is 0 Å². The highest BCUT2D eigenvalue weighted by Crippen LogP contribution is 2.12. The molecule has 88 valence electrons. The third-order valence-electron chi connectivity index (χ3n) is 1.97. The van der Waals surface area contributed by atoms with Crippen LogP contribution in [-0.2, 0) is 10.0 Å². The lowest BCUT2D eigenvalue weighted by Crippen LogP contribution is -2.32. The molecular weight excluding hydrogens is 236 g/mol. The van der Waals surface area contributed by atoms with E-state index in [1.54, 1.807) is 13.0 Å². The molecule has 0 fully saturated rings. The van der Waals surface area contributed by atoms with Gasteiger partial charge in [-0.15, -0.1) is 12.3 Å². The molecule has 0 aliphatic heterocycles. The third-order valence-corrected chi connectivity index (χ3v) is 3.75. The SMILES string of the molecule is C#CCN(CC#CC)S(=O)(=O)c1cccnc1. The van der Waals surface area contributed by atoms with E-state index >= 15 is 0 Å². The first kappa shape index (κ1) is 13.2. The zero-order chi connectivity index (χ0) is 12.7. The Kier molecular flexibility index (Phi) is 4.71. The maximum atomic E-state index is 12.2. The van der Waals surface area contributed by atoms with Crippen molar-refractivity contribution >= 4 is 10.0 Å². The molecule has 1 heterocycles. The van der Waals surface area contributed by atoms with Gasteiger partial charge in [0.1, 0.15) is 4.90 Å². The fourth-order valence-electron chi connectivity index (χ4n) is 1.14. The summed E-state index contributed by atoms with van der Waals surface area (Å²) >= 11 is 0. The average molecular weight is 248 g/mol. The van der Waals surface area contributed by atoms with E-state index in [9.17, 15) is 8.42 Å². The molecule has 0 bridgehead atoms. The molecule has 0 N–H and O–H groups in total. The summed E-state index contributed by atoms with van der Waals surface area (Å²) in [4.78, 5) is 3.90. The van der Waals surface area contributed by atoms with Gasteiger partial charge in [0, 0.05) is 12.4 Å². The van der Waals surface area contributed by atoms with Crippen LogP contribution in [0.15, 0.2) is 29.4 Å². The highest BCUT2D eigenvalue weighted by Gasteiger charge is 2.22. The van der Waals surface area contributed by atoms with Crippen molar-refractivity contribution in [2.45, 2.75) is 11.8 Å². The molecule has 0 unspecified atom stereocenters. The van der Waals surface area contributed by atoms with Gasteiger partial charge in [-0.2, -0.15) is 4.31 Å². The van der Waals surface area contributed by atoms with Crippen LogP contribution in [0.1, 0.15) is 6.92 Å². The first-order valence-corrected chi connectivity index (χ1v) is 6.30. The topological polar surface area (TPSA) is 50.3 Å². The van der Waals surface area contributed by atoms with Gasteiger partial charge in [-0.25, -0.2) is 8.42 Å². The van der Waals surface area contributed by atoms with Crippen LogP contribution in [0.2, 0.25) is 0 Å². The van der Waals surface area contributed by atoms with Crippen molar-refractivity contribution < 1.29 is 8.42 Å². The molecular formula is C12H12N2O2S. The second-order valence-corrected chi connectivity index (χ2v) is 5.03. The van der Waals surface area contributed by atoms with Gasteiger partial charge >= 0.3 is 0 Å². The Hall–Kier alpha value is -1.82. The van der Waals surface area contributed by atoms with E-state index in [4.69, 9.17) is 6.42 Å². The van der Waals surface area contributed by atoms with Gasteiger partial charge in [0.15, 0.2) is 0 Å². The normalized spacial score (nSPS) is 10.4. The summed E-state index contributed by atoms with van der Waals surface area (Å²) in [5, 5.41) is 0. The Labute approximate surface area is 102 Å². The number of pyridine rings is 1. The lowest BCUT2D eigenvalue weighted by Gasteiger charge is -2.16. The zero-order valence-electron chi connectivity index (χ0n) is 9.42. The molecule has 0 spiro atoms. The fraction of sp³-hybridized carbons (Fsp3) is 0.250. The van der Waals surface area contributed by atoms with E-state index < -0.39 is 10.0 Å². The molecule has 1 rings (SSSR count). The minimum atomic E-state index is -3.61. The molecule has 5 heteroatoms. The molecule has 17 heavy (non-hydrogen) atoms. The van der Waals surface area contributed by atoms with E-state index in [2.05, 4.69) is 22.7 Å². The summed E-state index contributed by atoms with van der Waals surface area (Å²) in [6.07, 6.45) is 7.96. The van der Waals surface area contributed by atoms with Crippen molar-refractivity contribution in [1.82, 2.24) is 9.29 Å². The Balaban J connectivity index is 3.08. The van der Waals surface area contributed by atoms with Gasteiger partial charge in [0.05, 0.1) is 13.1 Å². The zero-order valence-corrected chi connectivity index (χ0v) is 10.2. The monoisotopic (exact) mass is 248 g/mol. The van der Waals surface area contributed by atoms with Gasteiger partial charge in [-0.05, 0) is 19.1 Å². The van der Waals surface area contributed by atoms with Crippen LogP contribution >= 0.6 is 0 Å². The van der Waals surface area contributed by atoms with E-state index in [1.807, 2.05) is 0 Å². The minimum Gasteiger partial charge on any atom is -0.263 e. The fourth-order valence-corrected chi connectivity index (χ4v) is 2.37. The second kappa shape index (κ2) is 6.05. The van der Waals surface area contributed by atoms with Crippen LogP contribution in [0.4, 0.5) is 0 Å². The van der Waals surface area contributed by atoms with Crippen molar-refractivity contribution in [3.05, 3.63) is 24.5 Å². The molecule has 0 aromatic carbocycles. The van der Waals surface area contributed by atoms with Crippen molar-refractivity contribution in [1.29, 1.82) is 0 Å². The van der Waals surface area contributed by atoms with Gasteiger partial charge in [-0.1, -0.05) is 11.8 Å². The number of hydrogen-bond donors (Lipinski definition) is 0. The Morgan fingerprint density at radius 2 is 2.24 bits per heavy atom. The Morgan fingerprint density at radius 1 is 1.47 bits per heavy atom. The summed E-state index contributed by atoms with van der Waals surface area (Å²) < 4.78 is 25.4. The van der Waals surface area contributed by atoms with Crippen LogP contribution in [0, 0.1) is 24.2 Å². The number of terminal acetylenes is 1. The van der Waals surface area contributed by atoms with Gasteiger partial charge in [0.25, 0.3) is 0 Å². The number of hydrogen-bond acceptors (Lipinski definition) is 3. The van der Waals surface area contributed by atoms with E-state index in [0.717, 1.165) is 4.31 Å². The third kappa shape index (κ3) is 3.32. The molecule has 1 aromatic heterocycles. The summed E-state index contributed by atoms with van der Waals surface area (Å²) in [7, 11) is -3.61. The van der Waals surface area contributed by atoms with Crippen LogP contribution in [0.3, 0.4) is 0 Å². The molecule has 4 nitrogen and oxygen atoms in total. The predicted molar refractivity (Wildman–Crippen MR) is 65.3 cm³/mol. The standard InChI is InChI=1S/C12H12N2O2S/c1-3-5-10-14(9-4-2)17(15,16)12-7-6-8-13-11-12/h2,6-8,11H,9-10H2,1H3. The van der Waals surface area contributed by atoms with Crippen molar-refractivity contribution in [3.8, 4) is 24.2 Å². The molecule has 1 aromatic rings. The predicted octanol–water partition coefficient (Wildman–Crippen LogP) is 0.729. The first-order chi connectivity index (χ1) is 8.12. The number of nitrogens with zero attached hydrogens (tertiary/aromatic N) is 2. The molecule has 0 amide bonds. The van der Waals surface area contributed by atoms with Crippen LogP contribution in [0.25, 0.3) is 0 Å². The quantitative estimate of drug-likeness (QED) is 0.738. The van der Waals surface area contributed by atoms with Gasteiger partial charge < -0.3 is 0 Å².